The van der Waals surface area contributed by atoms with Gasteiger partial charge in [-0.05, 0) is 56.8 Å². The van der Waals surface area contributed by atoms with Gasteiger partial charge in [0.05, 0.1) is 11.0 Å². The summed E-state index contributed by atoms with van der Waals surface area (Å²) in [5.41, 5.74) is -1.21. The fourth-order valence-electron chi connectivity index (χ4n) is 5.19. The maximum atomic E-state index is 12.6. The van der Waals surface area contributed by atoms with Gasteiger partial charge < -0.3 is 15.2 Å². The van der Waals surface area contributed by atoms with Crippen LogP contribution in [-0.4, -0.2) is 35.7 Å². The molecule has 2 atom stereocenters. The summed E-state index contributed by atoms with van der Waals surface area (Å²) >= 11 is 0. The topological polar surface area (TPSA) is 75.6 Å². The van der Waals surface area contributed by atoms with Crippen molar-refractivity contribution in [3.8, 4) is 0 Å². The number of rotatable bonds is 6. The van der Waals surface area contributed by atoms with Gasteiger partial charge in [0.1, 0.15) is 0 Å². The van der Waals surface area contributed by atoms with Crippen molar-refractivity contribution in [1.29, 1.82) is 0 Å². The average molecular weight is 309 g/mol. The van der Waals surface area contributed by atoms with Crippen LogP contribution in [0.2, 0.25) is 0 Å². The Labute approximate surface area is 131 Å². The smallest absolute Gasteiger partial charge is 0.312 e. The van der Waals surface area contributed by atoms with Gasteiger partial charge in [-0.3, -0.25) is 9.59 Å². The molecule has 0 unspecified atom stereocenters. The lowest BCUT2D eigenvalue weighted by atomic mass is 9.48. The van der Waals surface area contributed by atoms with E-state index in [0.717, 1.165) is 44.9 Å². The van der Waals surface area contributed by atoms with Crippen LogP contribution in [0.25, 0.3) is 0 Å². The highest BCUT2D eigenvalue weighted by atomic mass is 16.5. The standard InChI is InChI=1S/C17H27NO4/c1-2-3-4-18-14(19)10-22-15(20)16-6-12-5-13(7-16)9-17(21,8-12)11-16/h12-13,21H,2-11H2,1H3,(H,18,19)/t12-,13-,16?,17?/m0/s1. The maximum Gasteiger partial charge on any atom is 0.312 e. The number of hydrogen-bond acceptors (Lipinski definition) is 4. The second kappa shape index (κ2) is 5.84. The predicted octanol–water partition coefficient (Wildman–Crippen LogP) is 1.78. The first-order valence-corrected chi connectivity index (χ1v) is 8.61. The molecule has 1 amide bonds. The molecule has 5 nitrogen and oxygen atoms in total. The van der Waals surface area contributed by atoms with Crippen LogP contribution in [-0.2, 0) is 14.3 Å². The lowest BCUT2D eigenvalue weighted by molar-refractivity contribution is -0.196. The van der Waals surface area contributed by atoms with Gasteiger partial charge in [0.15, 0.2) is 6.61 Å². The van der Waals surface area contributed by atoms with E-state index in [1.165, 1.54) is 0 Å². The molecular formula is C17H27NO4. The summed E-state index contributed by atoms with van der Waals surface area (Å²) in [6.07, 6.45) is 6.90. The van der Waals surface area contributed by atoms with E-state index in [4.69, 9.17) is 4.74 Å². The van der Waals surface area contributed by atoms with E-state index in [-0.39, 0.29) is 18.5 Å². The molecule has 4 bridgehead atoms. The average Bonchev–Trinajstić information content (AvgIpc) is 2.42. The summed E-state index contributed by atoms with van der Waals surface area (Å²) in [4.78, 5) is 24.2. The van der Waals surface area contributed by atoms with E-state index in [2.05, 4.69) is 12.2 Å². The maximum absolute atomic E-state index is 12.6. The number of amides is 1. The van der Waals surface area contributed by atoms with Crippen LogP contribution < -0.4 is 5.32 Å². The number of nitrogens with one attached hydrogen (secondary N) is 1. The van der Waals surface area contributed by atoms with E-state index in [0.29, 0.717) is 24.8 Å². The first-order valence-electron chi connectivity index (χ1n) is 8.61. The van der Waals surface area contributed by atoms with E-state index < -0.39 is 11.0 Å². The number of hydrogen-bond donors (Lipinski definition) is 2. The molecule has 0 aliphatic heterocycles. The van der Waals surface area contributed by atoms with Crippen molar-refractivity contribution in [3.63, 3.8) is 0 Å². The van der Waals surface area contributed by atoms with Crippen LogP contribution in [0.15, 0.2) is 0 Å². The number of aliphatic hydroxyl groups is 1. The Morgan fingerprint density at radius 3 is 2.50 bits per heavy atom. The fraction of sp³-hybridized carbons (Fsp3) is 0.882. The zero-order valence-electron chi connectivity index (χ0n) is 13.4. The monoisotopic (exact) mass is 309 g/mol. The molecular weight excluding hydrogens is 282 g/mol. The molecule has 124 valence electrons. The Kier molecular flexibility index (Phi) is 4.19. The summed E-state index contributed by atoms with van der Waals surface area (Å²) in [6.45, 7) is 2.49. The third kappa shape index (κ3) is 3.00. The second-order valence-corrected chi connectivity index (χ2v) is 7.75. The highest BCUT2D eigenvalue weighted by Gasteiger charge is 2.60. The largest absolute Gasteiger partial charge is 0.455 e. The Hall–Kier alpha value is -1.10. The van der Waals surface area contributed by atoms with Crippen molar-refractivity contribution in [1.82, 2.24) is 5.32 Å². The molecule has 2 N–H and O–H groups in total. The molecule has 0 spiro atoms. The zero-order chi connectivity index (χ0) is 15.8. The van der Waals surface area contributed by atoms with Crippen molar-refractivity contribution in [2.45, 2.75) is 63.9 Å². The third-order valence-electron chi connectivity index (χ3n) is 5.65. The van der Waals surface area contributed by atoms with Crippen molar-refractivity contribution >= 4 is 11.9 Å². The summed E-state index contributed by atoms with van der Waals surface area (Å²) in [5.74, 6) is 0.380. The van der Waals surface area contributed by atoms with Crippen LogP contribution in [0.3, 0.4) is 0 Å². The molecule has 4 rings (SSSR count). The quantitative estimate of drug-likeness (QED) is 0.579. The highest BCUT2D eigenvalue weighted by molar-refractivity contribution is 5.83. The van der Waals surface area contributed by atoms with Gasteiger partial charge >= 0.3 is 5.97 Å². The first kappa shape index (κ1) is 15.8. The van der Waals surface area contributed by atoms with Crippen LogP contribution in [0.4, 0.5) is 0 Å². The zero-order valence-corrected chi connectivity index (χ0v) is 13.4. The summed E-state index contributed by atoms with van der Waals surface area (Å²) in [6, 6.07) is 0. The van der Waals surface area contributed by atoms with Crippen LogP contribution in [0, 0.1) is 17.3 Å². The third-order valence-corrected chi connectivity index (χ3v) is 5.65. The minimum Gasteiger partial charge on any atom is -0.455 e. The van der Waals surface area contributed by atoms with E-state index in [1.807, 2.05) is 0 Å². The summed E-state index contributed by atoms with van der Waals surface area (Å²) in [5, 5.41) is 13.4. The van der Waals surface area contributed by atoms with E-state index >= 15 is 0 Å². The van der Waals surface area contributed by atoms with Crippen molar-refractivity contribution < 1.29 is 19.4 Å². The number of carbonyl (C=O) groups is 2. The van der Waals surface area contributed by atoms with Crippen LogP contribution >= 0.6 is 0 Å². The van der Waals surface area contributed by atoms with E-state index in [1.54, 1.807) is 0 Å². The lowest BCUT2D eigenvalue weighted by Gasteiger charge is -2.58. The first-order chi connectivity index (χ1) is 10.4. The Morgan fingerprint density at radius 1 is 1.23 bits per heavy atom. The number of ether oxygens (including phenoxy) is 1. The van der Waals surface area contributed by atoms with Gasteiger partial charge in [0.25, 0.3) is 5.91 Å². The molecule has 0 aromatic heterocycles. The SMILES string of the molecule is CCCCNC(=O)COC(=O)C12C[C@@H]3C[C@H](CC(O)(C3)C1)C2. The van der Waals surface area contributed by atoms with E-state index in [9.17, 15) is 14.7 Å². The van der Waals surface area contributed by atoms with Gasteiger partial charge in [-0.2, -0.15) is 0 Å². The van der Waals surface area contributed by atoms with Crippen molar-refractivity contribution in [2.75, 3.05) is 13.2 Å². The highest BCUT2D eigenvalue weighted by Crippen LogP contribution is 2.61. The van der Waals surface area contributed by atoms with Gasteiger partial charge in [-0.25, -0.2) is 0 Å². The summed E-state index contributed by atoms with van der Waals surface area (Å²) in [7, 11) is 0. The van der Waals surface area contributed by atoms with Gasteiger partial charge in [0, 0.05) is 6.54 Å². The summed E-state index contributed by atoms with van der Waals surface area (Å²) < 4.78 is 5.30. The molecule has 4 saturated carbocycles. The predicted molar refractivity (Wildman–Crippen MR) is 80.9 cm³/mol. The van der Waals surface area contributed by atoms with Crippen molar-refractivity contribution in [2.24, 2.45) is 17.3 Å². The van der Waals surface area contributed by atoms with Crippen LogP contribution in [0.1, 0.15) is 58.3 Å². The molecule has 5 heteroatoms. The molecule has 0 aromatic rings. The minimum atomic E-state index is -0.674. The molecule has 0 heterocycles. The Morgan fingerprint density at radius 2 is 1.91 bits per heavy atom. The van der Waals surface area contributed by atoms with Gasteiger partial charge in [-0.15, -0.1) is 0 Å². The molecule has 4 fully saturated rings. The Balaban J connectivity index is 1.55. The molecule has 22 heavy (non-hydrogen) atoms. The number of unbranched alkanes of at least 4 members (excludes halogenated alkanes) is 1. The Bertz CT molecular complexity index is 448. The number of esters is 1. The molecule has 0 aromatic carbocycles. The van der Waals surface area contributed by atoms with Gasteiger partial charge in [-0.1, -0.05) is 13.3 Å². The molecule has 4 aliphatic carbocycles. The molecule has 0 radical (unpaired) electrons. The lowest BCUT2D eigenvalue weighted by Crippen LogP contribution is -2.58. The number of carbonyl (C=O) groups excluding carboxylic acids is 2. The molecule has 4 aliphatic rings. The minimum absolute atomic E-state index is 0.196. The van der Waals surface area contributed by atoms with Crippen LogP contribution in [0.5, 0.6) is 0 Å². The normalized spacial score (nSPS) is 38.8. The van der Waals surface area contributed by atoms with Crippen molar-refractivity contribution in [3.05, 3.63) is 0 Å². The molecule has 0 saturated heterocycles. The van der Waals surface area contributed by atoms with Gasteiger partial charge in [0.2, 0.25) is 0 Å². The fourth-order valence-corrected chi connectivity index (χ4v) is 5.19. The second-order valence-electron chi connectivity index (χ2n) is 7.75.